The number of ether oxygens (including phenoxy) is 2. The Labute approximate surface area is 262 Å². The Morgan fingerprint density at radius 3 is 2.28 bits per heavy atom. The number of aliphatic hydroxyl groups excluding tert-OH is 1. The van der Waals surface area contributed by atoms with Crippen LogP contribution in [0.15, 0.2) is 85.0 Å². The second-order valence-electron chi connectivity index (χ2n) is 9.55. The number of halogens is 3. The van der Waals surface area contributed by atoms with Gasteiger partial charge >= 0.3 is 6.11 Å². The number of hydrogen-bond donors (Lipinski definition) is 1. The van der Waals surface area contributed by atoms with Gasteiger partial charge in [-0.05, 0) is 76.4 Å². The van der Waals surface area contributed by atoms with Gasteiger partial charge in [0.05, 0.1) is 24.3 Å². The molecule has 43 heavy (non-hydrogen) atoms. The molecule has 0 saturated carbocycles. The second kappa shape index (κ2) is 21.1. The Bertz CT molecular complexity index is 1310. The molecular formula is C36H48ClF2NO3. The van der Waals surface area contributed by atoms with E-state index in [-0.39, 0.29) is 11.9 Å². The topological polar surface area (TPSA) is 43.6 Å². The summed E-state index contributed by atoms with van der Waals surface area (Å²) in [6.07, 6.45) is 11.3. The standard InChI is InChI=1S/C25H31F2NO2.C7H7Cl.C2H4O.C2H6/c1-7-10-21(29-19(5)8-2)12-11-20(9-3)17-28-16-18(4)23-14-13-22(15-24(23)28)30-25(6,26)27;1-6-2-4-7(8)5-3-6;1-2-3;1-2/h1,9,12-16,19H,8,10-11,17H2,2-6H3;2-5H,1H3;2-3H,1H2;1-2H3/b20-9+,21-12+;;;. The highest BCUT2D eigenvalue weighted by Crippen LogP contribution is 2.29. The summed E-state index contributed by atoms with van der Waals surface area (Å²) in [4.78, 5) is 0. The van der Waals surface area contributed by atoms with Crippen LogP contribution in [0.25, 0.3) is 10.9 Å². The molecule has 0 bridgehead atoms. The van der Waals surface area contributed by atoms with Gasteiger partial charge in [-0.25, -0.2) is 0 Å². The van der Waals surface area contributed by atoms with E-state index in [1.807, 2.05) is 84.1 Å². The number of fused-ring (bicyclic) bond motifs is 1. The molecule has 0 aliphatic carbocycles. The first-order valence-electron chi connectivity index (χ1n) is 14.4. The summed E-state index contributed by atoms with van der Waals surface area (Å²) in [6, 6.07) is 12.8. The van der Waals surface area contributed by atoms with Crippen molar-refractivity contribution in [3.05, 3.63) is 101 Å². The third-order valence-corrected chi connectivity index (χ3v) is 6.19. The minimum Gasteiger partial charge on any atom is -0.516 e. The number of aromatic nitrogens is 1. The van der Waals surface area contributed by atoms with Crippen LogP contribution in [0.5, 0.6) is 5.75 Å². The average molecular weight is 616 g/mol. The van der Waals surface area contributed by atoms with E-state index >= 15 is 0 Å². The van der Waals surface area contributed by atoms with Crippen LogP contribution in [0.3, 0.4) is 0 Å². The maximum atomic E-state index is 13.3. The van der Waals surface area contributed by atoms with Gasteiger partial charge < -0.3 is 19.1 Å². The molecule has 4 nitrogen and oxygen atoms in total. The highest BCUT2D eigenvalue weighted by Gasteiger charge is 2.23. The molecule has 7 heteroatoms. The fraction of sp³-hybridized carbons (Fsp3) is 0.389. The van der Waals surface area contributed by atoms with Gasteiger partial charge in [-0.2, -0.15) is 8.78 Å². The fourth-order valence-corrected chi connectivity index (χ4v) is 3.86. The Morgan fingerprint density at radius 2 is 1.79 bits per heavy atom. The van der Waals surface area contributed by atoms with E-state index in [2.05, 4.69) is 30.1 Å². The van der Waals surface area contributed by atoms with Crippen LogP contribution in [-0.2, 0) is 11.3 Å². The quantitative estimate of drug-likeness (QED) is 0.140. The molecule has 236 valence electrons. The largest absolute Gasteiger partial charge is 0.516 e. The first-order valence-corrected chi connectivity index (χ1v) is 14.8. The van der Waals surface area contributed by atoms with E-state index in [0.29, 0.717) is 19.4 Å². The molecule has 0 aliphatic rings. The van der Waals surface area contributed by atoms with E-state index in [9.17, 15) is 8.78 Å². The number of nitrogens with zero attached hydrogens (tertiary/aromatic N) is 1. The highest BCUT2D eigenvalue weighted by atomic mass is 35.5. The molecule has 0 radical (unpaired) electrons. The zero-order chi connectivity index (χ0) is 33.0. The summed E-state index contributed by atoms with van der Waals surface area (Å²) in [5, 5.41) is 9.15. The number of alkyl halides is 2. The zero-order valence-electron chi connectivity index (χ0n) is 26.9. The highest BCUT2D eigenvalue weighted by molar-refractivity contribution is 6.30. The van der Waals surface area contributed by atoms with Crippen molar-refractivity contribution in [3.8, 4) is 18.1 Å². The normalized spacial score (nSPS) is 11.9. The van der Waals surface area contributed by atoms with Gasteiger partial charge in [-0.1, -0.05) is 74.2 Å². The third kappa shape index (κ3) is 15.9. The van der Waals surface area contributed by atoms with Gasteiger partial charge in [0.1, 0.15) is 11.5 Å². The summed E-state index contributed by atoms with van der Waals surface area (Å²) < 4.78 is 39.3. The smallest absolute Gasteiger partial charge is 0.394 e. The molecule has 0 fully saturated rings. The summed E-state index contributed by atoms with van der Waals surface area (Å²) in [5.41, 5.74) is 4.35. The number of terminal acetylenes is 1. The van der Waals surface area contributed by atoms with Crippen molar-refractivity contribution in [1.29, 1.82) is 0 Å². The molecule has 0 spiro atoms. The van der Waals surface area contributed by atoms with Crippen LogP contribution < -0.4 is 4.74 Å². The predicted molar refractivity (Wildman–Crippen MR) is 179 cm³/mol. The van der Waals surface area contributed by atoms with Gasteiger partial charge in [0.15, 0.2) is 0 Å². The van der Waals surface area contributed by atoms with Gasteiger partial charge in [0.25, 0.3) is 0 Å². The molecule has 1 atom stereocenters. The summed E-state index contributed by atoms with van der Waals surface area (Å²) in [7, 11) is 0. The maximum absolute atomic E-state index is 13.3. The van der Waals surface area contributed by atoms with Crippen molar-refractivity contribution in [1.82, 2.24) is 4.57 Å². The molecule has 1 unspecified atom stereocenters. The van der Waals surface area contributed by atoms with Crippen molar-refractivity contribution in [2.75, 3.05) is 0 Å². The third-order valence-electron chi connectivity index (χ3n) is 5.94. The minimum atomic E-state index is -3.22. The molecule has 1 heterocycles. The van der Waals surface area contributed by atoms with Gasteiger partial charge in [0.2, 0.25) is 0 Å². The van der Waals surface area contributed by atoms with Gasteiger partial charge in [-0.3, -0.25) is 0 Å². The minimum absolute atomic E-state index is 0.116. The van der Waals surface area contributed by atoms with Crippen LogP contribution in [-0.4, -0.2) is 21.9 Å². The van der Waals surface area contributed by atoms with Gasteiger partial charge in [-0.15, -0.1) is 6.42 Å². The molecule has 1 aromatic heterocycles. The molecule has 2 aromatic carbocycles. The Balaban J connectivity index is 0.00000113. The lowest BCUT2D eigenvalue weighted by molar-refractivity contribution is -0.158. The number of aryl methyl sites for hydroxylation is 2. The monoisotopic (exact) mass is 615 g/mol. The Morgan fingerprint density at radius 1 is 1.19 bits per heavy atom. The van der Waals surface area contributed by atoms with Crippen LogP contribution >= 0.6 is 11.6 Å². The first-order chi connectivity index (χ1) is 20.4. The number of rotatable bonds is 10. The molecule has 3 aromatic rings. The maximum Gasteiger partial charge on any atom is 0.394 e. The van der Waals surface area contributed by atoms with Crippen molar-refractivity contribution in [2.45, 2.75) is 93.4 Å². The van der Waals surface area contributed by atoms with Crippen molar-refractivity contribution >= 4 is 22.5 Å². The van der Waals surface area contributed by atoms with E-state index in [1.165, 1.54) is 11.1 Å². The fourth-order valence-electron chi connectivity index (χ4n) is 3.73. The van der Waals surface area contributed by atoms with Crippen molar-refractivity contribution in [2.24, 2.45) is 0 Å². The Kier molecular flexibility index (Phi) is 19.3. The molecule has 1 N–H and O–H groups in total. The molecule has 0 saturated heterocycles. The van der Waals surface area contributed by atoms with E-state index < -0.39 is 6.11 Å². The van der Waals surface area contributed by atoms with Crippen molar-refractivity contribution < 1.29 is 23.4 Å². The zero-order valence-corrected chi connectivity index (χ0v) is 27.6. The number of allylic oxidation sites excluding steroid dienone is 4. The molecule has 0 amide bonds. The van der Waals surface area contributed by atoms with E-state index in [1.54, 1.807) is 12.1 Å². The second-order valence-corrected chi connectivity index (χ2v) is 9.98. The number of hydrogen-bond acceptors (Lipinski definition) is 3. The molecule has 3 rings (SSSR count). The van der Waals surface area contributed by atoms with Crippen LogP contribution in [0.1, 0.15) is 71.9 Å². The lowest BCUT2D eigenvalue weighted by atomic mass is 10.1. The predicted octanol–water partition coefficient (Wildman–Crippen LogP) is 11.4. The van der Waals surface area contributed by atoms with Crippen LogP contribution in [0.2, 0.25) is 5.02 Å². The Hall–Kier alpha value is -3.69. The lowest BCUT2D eigenvalue weighted by Crippen LogP contribution is -2.19. The summed E-state index contributed by atoms with van der Waals surface area (Å²) in [6.45, 7) is 18.4. The van der Waals surface area contributed by atoms with Crippen LogP contribution in [0, 0.1) is 26.2 Å². The van der Waals surface area contributed by atoms with Crippen LogP contribution in [0.4, 0.5) is 8.78 Å². The lowest BCUT2D eigenvalue weighted by Gasteiger charge is -2.15. The molecular weight excluding hydrogens is 568 g/mol. The molecule has 0 aliphatic heterocycles. The van der Waals surface area contributed by atoms with E-state index in [4.69, 9.17) is 32.6 Å². The van der Waals surface area contributed by atoms with Gasteiger partial charge in [0, 0.05) is 36.1 Å². The first kappa shape index (κ1) is 39.3. The average Bonchev–Trinajstić information content (AvgIpc) is 3.27. The SMILES string of the molecule is C#CC/C(=C\C/C(=C\C)Cn1cc(C)c2ccc(OC(C)(F)F)cc21)OC(C)CC.C=CO.CC.Cc1ccc(Cl)cc1. The summed E-state index contributed by atoms with van der Waals surface area (Å²) in [5.74, 6) is 3.60. The number of aliphatic hydroxyl groups is 1. The number of benzene rings is 2. The van der Waals surface area contributed by atoms with Crippen molar-refractivity contribution in [3.63, 3.8) is 0 Å². The summed E-state index contributed by atoms with van der Waals surface area (Å²) >= 11 is 5.61. The van der Waals surface area contributed by atoms with E-state index in [0.717, 1.165) is 46.9 Å².